The number of aliphatic hydroxyl groups excluding tert-OH is 1. The van der Waals surface area contributed by atoms with Gasteiger partial charge in [0.15, 0.2) is 0 Å². The molecule has 2 aromatic rings. The van der Waals surface area contributed by atoms with Gasteiger partial charge in [0.1, 0.15) is 17.5 Å². The van der Waals surface area contributed by atoms with E-state index in [0.29, 0.717) is 6.07 Å². The average molecular weight is 338 g/mol. The van der Waals surface area contributed by atoms with Crippen LogP contribution in [0.15, 0.2) is 42.5 Å². The molecule has 0 aliphatic carbocycles. The average Bonchev–Trinajstić information content (AvgIpc) is 2.55. The molecule has 0 bridgehead atoms. The van der Waals surface area contributed by atoms with Crippen LogP contribution in [0.25, 0.3) is 0 Å². The van der Waals surface area contributed by atoms with Crippen molar-refractivity contribution in [2.75, 3.05) is 11.9 Å². The van der Waals surface area contributed by atoms with Gasteiger partial charge in [0, 0.05) is 18.2 Å². The van der Waals surface area contributed by atoms with E-state index < -0.39 is 41.9 Å². The van der Waals surface area contributed by atoms with Crippen molar-refractivity contribution in [3.05, 3.63) is 65.5 Å². The third kappa shape index (κ3) is 4.32. The summed E-state index contributed by atoms with van der Waals surface area (Å²) in [5.74, 6) is -4.89. The van der Waals surface area contributed by atoms with Crippen molar-refractivity contribution >= 4 is 17.5 Å². The Morgan fingerprint density at radius 2 is 1.71 bits per heavy atom. The van der Waals surface area contributed by atoms with Gasteiger partial charge in [-0.05, 0) is 18.2 Å². The Bertz CT molecular complexity index is 768. The van der Waals surface area contributed by atoms with E-state index in [9.17, 15) is 27.9 Å². The molecule has 0 saturated heterocycles. The normalized spacial score (nSPS) is 11.7. The topological polar surface area (TPSA) is 78.4 Å². The van der Waals surface area contributed by atoms with Crippen LogP contribution in [0.5, 0.6) is 0 Å². The maximum atomic E-state index is 13.5. The zero-order valence-electron chi connectivity index (χ0n) is 12.2. The van der Waals surface area contributed by atoms with Crippen molar-refractivity contribution in [3.63, 3.8) is 0 Å². The highest BCUT2D eigenvalue weighted by molar-refractivity contribution is 6.39. The summed E-state index contributed by atoms with van der Waals surface area (Å²) in [5.41, 5.74) is -0.408. The first-order valence-electron chi connectivity index (χ1n) is 6.85. The number of hydrogen-bond acceptors (Lipinski definition) is 3. The van der Waals surface area contributed by atoms with Crippen molar-refractivity contribution in [2.24, 2.45) is 0 Å². The van der Waals surface area contributed by atoms with E-state index in [1.165, 1.54) is 18.2 Å². The molecule has 0 radical (unpaired) electrons. The van der Waals surface area contributed by atoms with Crippen molar-refractivity contribution in [2.45, 2.75) is 6.10 Å². The fraction of sp³-hybridized carbons (Fsp3) is 0.125. The summed E-state index contributed by atoms with van der Waals surface area (Å²) in [6, 6.07) is 7.85. The number of hydrogen-bond donors (Lipinski definition) is 3. The largest absolute Gasteiger partial charge is 0.386 e. The van der Waals surface area contributed by atoms with Crippen LogP contribution < -0.4 is 10.6 Å². The van der Waals surface area contributed by atoms with E-state index >= 15 is 0 Å². The molecule has 0 fully saturated rings. The molecule has 2 rings (SSSR count). The minimum Gasteiger partial charge on any atom is -0.386 e. The molecule has 5 nitrogen and oxygen atoms in total. The maximum Gasteiger partial charge on any atom is 0.313 e. The lowest BCUT2D eigenvalue weighted by Gasteiger charge is -2.13. The monoisotopic (exact) mass is 338 g/mol. The number of rotatable bonds is 4. The number of nitrogens with one attached hydrogen (secondary N) is 2. The van der Waals surface area contributed by atoms with Gasteiger partial charge in [-0.15, -0.1) is 0 Å². The molecule has 3 N–H and O–H groups in total. The highest BCUT2D eigenvalue weighted by atomic mass is 19.1. The molecule has 2 amide bonds. The smallest absolute Gasteiger partial charge is 0.313 e. The molecule has 8 heteroatoms. The Morgan fingerprint density at radius 3 is 2.38 bits per heavy atom. The first-order valence-corrected chi connectivity index (χ1v) is 6.85. The van der Waals surface area contributed by atoms with E-state index in [4.69, 9.17) is 0 Å². The molecule has 1 atom stereocenters. The van der Waals surface area contributed by atoms with Gasteiger partial charge in [0.05, 0.1) is 11.8 Å². The number of carbonyl (C=O) groups excluding carboxylic acids is 2. The van der Waals surface area contributed by atoms with Gasteiger partial charge in [0.2, 0.25) is 0 Å². The van der Waals surface area contributed by atoms with E-state index in [0.717, 1.165) is 18.2 Å². The third-order valence-electron chi connectivity index (χ3n) is 3.11. The van der Waals surface area contributed by atoms with Crippen molar-refractivity contribution in [3.8, 4) is 0 Å². The lowest BCUT2D eigenvalue weighted by Crippen LogP contribution is -2.37. The summed E-state index contributed by atoms with van der Waals surface area (Å²) in [7, 11) is 0. The van der Waals surface area contributed by atoms with E-state index in [2.05, 4.69) is 5.32 Å². The Hall–Kier alpha value is -2.87. The van der Waals surface area contributed by atoms with Crippen molar-refractivity contribution in [1.82, 2.24) is 5.32 Å². The molecule has 24 heavy (non-hydrogen) atoms. The molecule has 0 aromatic heterocycles. The van der Waals surface area contributed by atoms with Gasteiger partial charge in [-0.3, -0.25) is 9.59 Å². The number of aliphatic hydroxyl groups is 1. The minimum atomic E-state index is -1.36. The second-order valence-corrected chi connectivity index (χ2v) is 4.83. The quantitative estimate of drug-likeness (QED) is 0.745. The molecule has 126 valence electrons. The van der Waals surface area contributed by atoms with Crippen molar-refractivity contribution in [1.29, 1.82) is 0 Å². The van der Waals surface area contributed by atoms with Crippen LogP contribution in [0.2, 0.25) is 0 Å². The lowest BCUT2D eigenvalue weighted by molar-refractivity contribution is -0.136. The van der Waals surface area contributed by atoms with Gasteiger partial charge in [-0.1, -0.05) is 18.2 Å². The maximum absolute atomic E-state index is 13.5. The van der Waals surface area contributed by atoms with Gasteiger partial charge in [-0.2, -0.15) is 0 Å². The Kier molecular flexibility index (Phi) is 5.54. The van der Waals surface area contributed by atoms with Gasteiger partial charge >= 0.3 is 11.8 Å². The number of halogens is 3. The lowest BCUT2D eigenvalue weighted by atomic mass is 10.1. The zero-order chi connectivity index (χ0) is 17.7. The minimum absolute atomic E-state index is 0.0391. The summed E-state index contributed by atoms with van der Waals surface area (Å²) in [6.07, 6.45) is -1.36. The molecule has 0 aliphatic rings. The standard InChI is InChI=1S/C16H13F3N2O3/c17-9-5-6-13(12(19)7-9)21-16(24)15(23)20-8-14(22)10-3-1-2-4-11(10)18/h1-7,14,22H,8H2,(H,20,23)(H,21,24). The van der Waals surface area contributed by atoms with Gasteiger partial charge in [-0.25, -0.2) is 13.2 Å². The molecule has 0 spiro atoms. The second-order valence-electron chi connectivity index (χ2n) is 4.83. The fourth-order valence-corrected chi connectivity index (χ4v) is 1.89. The highest BCUT2D eigenvalue weighted by Gasteiger charge is 2.18. The summed E-state index contributed by atoms with van der Waals surface area (Å²) in [5, 5.41) is 13.9. The molecule has 0 saturated carbocycles. The Morgan fingerprint density at radius 1 is 1.00 bits per heavy atom. The second kappa shape index (κ2) is 7.60. The highest BCUT2D eigenvalue weighted by Crippen LogP contribution is 2.16. The van der Waals surface area contributed by atoms with Crippen LogP contribution >= 0.6 is 0 Å². The number of benzene rings is 2. The summed E-state index contributed by atoms with van der Waals surface area (Å²) in [4.78, 5) is 23.2. The van der Waals surface area contributed by atoms with Crippen LogP contribution in [0.1, 0.15) is 11.7 Å². The van der Waals surface area contributed by atoms with Crippen LogP contribution in [0.4, 0.5) is 18.9 Å². The van der Waals surface area contributed by atoms with Crippen LogP contribution in [0, 0.1) is 17.5 Å². The van der Waals surface area contributed by atoms with Crippen molar-refractivity contribution < 1.29 is 27.9 Å². The molecule has 0 aliphatic heterocycles. The molecule has 0 heterocycles. The first kappa shape index (κ1) is 17.5. The van der Waals surface area contributed by atoms with Crippen LogP contribution in [0.3, 0.4) is 0 Å². The first-order chi connectivity index (χ1) is 11.4. The van der Waals surface area contributed by atoms with E-state index in [-0.39, 0.29) is 11.3 Å². The van der Waals surface area contributed by atoms with E-state index in [1.807, 2.05) is 5.32 Å². The Labute approximate surface area is 135 Å². The van der Waals surface area contributed by atoms with Crippen LogP contribution in [-0.4, -0.2) is 23.5 Å². The van der Waals surface area contributed by atoms with Crippen LogP contribution in [-0.2, 0) is 9.59 Å². The molecule has 2 aromatic carbocycles. The fourth-order valence-electron chi connectivity index (χ4n) is 1.89. The summed E-state index contributed by atoms with van der Waals surface area (Å²) in [6.45, 7) is -0.418. The molecular weight excluding hydrogens is 325 g/mol. The molecular formula is C16H13F3N2O3. The van der Waals surface area contributed by atoms with E-state index in [1.54, 1.807) is 0 Å². The van der Waals surface area contributed by atoms with Gasteiger partial charge in [0.25, 0.3) is 0 Å². The number of anilines is 1. The predicted octanol–water partition coefficient (Wildman–Crippen LogP) is 1.89. The number of carbonyl (C=O) groups is 2. The summed E-state index contributed by atoms with van der Waals surface area (Å²) >= 11 is 0. The predicted molar refractivity (Wildman–Crippen MR) is 79.4 cm³/mol. The Balaban J connectivity index is 1.92. The van der Waals surface area contributed by atoms with Gasteiger partial charge < -0.3 is 15.7 Å². The summed E-state index contributed by atoms with van der Waals surface area (Å²) < 4.78 is 39.6. The molecule has 1 unspecified atom stereocenters. The SMILES string of the molecule is O=C(NCC(O)c1ccccc1F)C(=O)Nc1ccc(F)cc1F. The zero-order valence-corrected chi connectivity index (χ0v) is 12.2. The number of amides is 2. The third-order valence-corrected chi connectivity index (χ3v) is 3.11.